The molecule has 0 unspecified atom stereocenters. The summed E-state index contributed by atoms with van der Waals surface area (Å²) in [5.74, 6) is -4.21. The summed E-state index contributed by atoms with van der Waals surface area (Å²) < 4.78 is 94.3. The second-order valence-corrected chi connectivity index (χ2v) is 11.6. The maximum Gasteiger partial charge on any atom is 0.389 e. The van der Waals surface area contributed by atoms with E-state index in [1.165, 1.54) is 24.3 Å². The summed E-state index contributed by atoms with van der Waals surface area (Å²) in [6.45, 7) is 2.12. The molecule has 0 aromatic heterocycles. The van der Waals surface area contributed by atoms with Gasteiger partial charge in [0.25, 0.3) is 0 Å². The zero-order valence-corrected chi connectivity index (χ0v) is 24.9. The number of alkyl halides is 2. The van der Waals surface area contributed by atoms with Crippen LogP contribution in [0.4, 0.5) is 26.3 Å². The van der Waals surface area contributed by atoms with Crippen LogP contribution in [0, 0.1) is 34.6 Å². The second-order valence-electron chi connectivity index (χ2n) is 11.6. The molecule has 0 saturated heterocycles. The summed E-state index contributed by atoms with van der Waals surface area (Å²) >= 11 is 0. The van der Waals surface area contributed by atoms with Gasteiger partial charge in [-0.15, -0.1) is 0 Å². The molecule has 2 nitrogen and oxygen atoms in total. The van der Waals surface area contributed by atoms with Crippen molar-refractivity contribution in [3.8, 4) is 28.3 Å². The van der Waals surface area contributed by atoms with Gasteiger partial charge in [0, 0.05) is 5.56 Å². The molecule has 1 fully saturated rings. The normalized spacial score (nSPS) is 16.8. The van der Waals surface area contributed by atoms with Gasteiger partial charge in [-0.25, -0.2) is 17.6 Å². The van der Waals surface area contributed by atoms with Gasteiger partial charge in [0.2, 0.25) is 0 Å². The van der Waals surface area contributed by atoms with Gasteiger partial charge >= 0.3 is 6.11 Å². The predicted molar refractivity (Wildman–Crippen MR) is 162 cm³/mol. The molecule has 234 valence electrons. The van der Waals surface area contributed by atoms with Crippen LogP contribution in [0.1, 0.15) is 80.0 Å². The fourth-order valence-corrected chi connectivity index (χ4v) is 6.04. The first-order valence-electron chi connectivity index (χ1n) is 15.2. The molecule has 0 radical (unpaired) electrons. The van der Waals surface area contributed by atoms with Crippen molar-refractivity contribution in [1.82, 2.24) is 0 Å². The summed E-state index contributed by atoms with van der Waals surface area (Å²) in [5, 5.41) is 8.91. The van der Waals surface area contributed by atoms with Gasteiger partial charge in [-0.1, -0.05) is 62.2 Å². The Morgan fingerprint density at radius 1 is 0.733 bits per heavy atom. The Morgan fingerprint density at radius 3 is 1.98 bits per heavy atom. The highest BCUT2D eigenvalue weighted by Crippen LogP contribution is 2.42. The fraction of sp³-hybridized carbons (Fsp3) is 0.324. The minimum atomic E-state index is -4.18. The molecule has 1 saturated carbocycles. The molecule has 0 aliphatic heterocycles. The van der Waals surface area contributed by atoms with Gasteiger partial charge in [0.05, 0.1) is 11.7 Å². The lowest BCUT2D eigenvalue weighted by molar-refractivity contribution is -0.280. The summed E-state index contributed by atoms with van der Waals surface area (Å²) in [6.07, 6.45) is 0.212. The molecule has 0 amide bonds. The molecule has 0 spiro atoms. The SMILES string of the molecule is CCCCCc1ccc(-c2cc(F)c(C(F)(F)OC3CCC(c4ccc(-c5ccc(C#N)c(F)c5)c(F)c4)CC3)c(F)c2)cc1. The smallest absolute Gasteiger partial charge is 0.313 e. The minimum Gasteiger partial charge on any atom is -0.313 e. The van der Waals surface area contributed by atoms with E-state index in [0.717, 1.165) is 49.4 Å². The monoisotopic (exact) mass is 621 g/mol. The van der Waals surface area contributed by atoms with Gasteiger partial charge in [-0.05, 0) is 103 Å². The van der Waals surface area contributed by atoms with Crippen LogP contribution in [0.5, 0.6) is 0 Å². The van der Waals surface area contributed by atoms with Crippen molar-refractivity contribution in [2.75, 3.05) is 0 Å². The van der Waals surface area contributed by atoms with E-state index >= 15 is 8.78 Å². The molecule has 0 atom stereocenters. The lowest BCUT2D eigenvalue weighted by atomic mass is 9.82. The largest absolute Gasteiger partial charge is 0.389 e. The molecular formula is C37H33F6NO. The molecule has 5 rings (SSSR count). The van der Waals surface area contributed by atoms with Crippen molar-refractivity contribution in [2.45, 2.75) is 76.4 Å². The Labute approximate surface area is 259 Å². The van der Waals surface area contributed by atoms with E-state index in [4.69, 9.17) is 10.00 Å². The molecule has 8 heteroatoms. The van der Waals surface area contributed by atoms with Gasteiger partial charge in [0.1, 0.15) is 34.9 Å². The number of benzene rings is 4. The van der Waals surface area contributed by atoms with Gasteiger partial charge < -0.3 is 4.74 Å². The molecule has 45 heavy (non-hydrogen) atoms. The Morgan fingerprint density at radius 2 is 1.38 bits per heavy atom. The third-order valence-corrected chi connectivity index (χ3v) is 8.54. The van der Waals surface area contributed by atoms with E-state index in [1.54, 1.807) is 24.3 Å². The second kappa shape index (κ2) is 13.9. The standard InChI is InChI=1S/C37H33F6NO/c1-2-3-4-5-23-6-8-25(9-7-23)29-20-34(40)36(35(41)21-29)37(42,43)45-30-15-12-24(13-16-30)26-14-17-31(33(39)18-26)27-10-11-28(22-44)32(38)19-27/h6-11,14,17-21,24,30H,2-5,12-13,15-16H2,1H3. The van der Waals surface area contributed by atoms with Gasteiger partial charge in [0.15, 0.2) is 0 Å². The predicted octanol–water partition coefficient (Wildman–Crippen LogP) is 11.0. The quantitative estimate of drug-likeness (QED) is 0.130. The molecule has 1 aliphatic rings. The van der Waals surface area contributed by atoms with Crippen LogP contribution < -0.4 is 0 Å². The van der Waals surface area contributed by atoms with E-state index < -0.39 is 41.0 Å². The Kier molecular flexibility index (Phi) is 9.99. The number of halogens is 6. The van der Waals surface area contributed by atoms with Crippen molar-refractivity contribution in [2.24, 2.45) is 0 Å². The number of unbranched alkanes of at least 4 members (excludes halogenated alkanes) is 2. The lowest BCUT2D eigenvalue weighted by Gasteiger charge is -2.31. The third kappa shape index (κ3) is 7.42. The van der Waals surface area contributed by atoms with Crippen molar-refractivity contribution < 1.29 is 31.1 Å². The van der Waals surface area contributed by atoms with Gasteiger partial charge in [-0.3, -0.25) is 0 Å². The fourth-order valence-electron chi connectivity index (χ4n) is 6.04. The molecule has 4 aromatic carbocycles. The van der Waals surface area contributed by atoms with Crippen LogP contribution in [0.25, 0.3) is 22.3 Å². The first kappa shape index (κ1) is 32.3. The molecular weight excluding hydrogens is 588 g/mol. The lowest BCUT2D eigenvalue weighted by Crippen LogP contribution is -2.31. The van der Waals surface area contributed by atoms with Crippen molar-refractivity contribution in [3.63, 3.8) is 0 Å². The maximum absolute atomic E-state index is 15.2. The van der Waals surface area contributed by atoms with E-state index in [0.29, 0.717) is 24.0 Å². The highest BCUT2D eigenvalue weighted by atomic mass is 19.3. The highest BCUT2D eigenvalue weighted by Gasteiger charge is 2.42. The average molecular weight is 622 g/mol. The van der Waals surface area contributed by atoms with Crippen LogP contribution in [-0.2, 0) is 17.3 Å². The summed E-state index contributed by atoms with van der Waals surface area (Å²) in [4.78, 5) is 0. The number of hydrogen-bond donors (Lipinski definition) is 0. The number of nitriles is 1. The Bertz CT molecular complexity index is 1660. The molecule has 1 aliphatic carbocycles. The van der Waals surface area contributed by atoms with Crippen LogP contribution in [-0.4, -0.2) is 6.10 Å². The summed E-state index contributed by atoms with van der Waals surface area (Å²) in [6, 6.07) is 19.2. The Balaban J connectivity index is 1.22. The maximum atomic E-state index is 15.2. The summed E-state index contributed by atoms with van der Waals surface area (Å²) in [5.41, 5.74) is 1.36. The molecule has 4 aromatic rings. The van der Waals surface area contributed by atoms with Crippen LogP contribution in [0.3, 0.4) is 0 Å². The number of rotatable bonds is 10. The average Bonchev–Trinajstić information content (AvgIpc) is 3.01. The van der Waals surface area contributed by atoms with Gasteiger partial charge in [-0.2, -0.15) is 14.0 Å². The van der Waals surface area contributed by atoms with Crippen LogP contribution >= 0.6 is 0 Å². The number of ether oxygens (including phenoxy) is 1. The van der Waals surface area contributed by atoms with E-state index in [-0.39, 0.29) is 41.0 Å². The third-order valence-electron chi connectivity index (χ3n) is 8.54. The van der Waals surface area contributed by atoms with Crippen LogP contribution in [0.2, 0.25) is 0 Å². The minimum absolute atomic E-state index is 0.134. The zero-order chi connectivity index (χ0) is 32.1. The van der Waals surface area contributed by atoms with E-state index in [2.05, 4.69) is 6.92 Å². The first-order chi connectivity index (χ1) is 21.6. The summed E-state index contributed by atoms with van der Waals surface area (Å²) in [7, 11) is 0. The molecule has 0 bridgehead atoms. The van der Waals surface area contributed by atoms with E-state index in [1.807, 2.05) is 12.1 Å². The number of aryl methyl sites for hydroxylation is 1. The van der Waals surface area contributed by atoms with Crippen LogP contribution in [0.15, 0.2) is 72.8 Å². The topological polar surface area (TPSA) is 33.0 Å². The Hall–Kier alpha value is -4.09. The zero-order valence-electron chi connectivity index (χ0n) is 24.9. The molecule has 0 N–H and O–H groups in total. The van der Waals surface area contributed by atoms with Crippen molar-refractivity contribution in [3.05, 3.63) is 118 Å². The number of hydrogen-bond acceptors (Lipinski definition) is 2. The molecule has 0 heterocycles. The highest BCUT2D eigenvalue weighted by molar-refractivity contribution is 5.66. The van der Waals surface area contributed by atoms with E-state index in [9.17, 15) is 17.6 Å². The number of nitrogens with zero attached hydrogens (tertiary/aromatic N) is 1. The van der Waals surface area contributed by atoms with Crippen molar-refractivity contribution >= 4 is 0 Å². The first-order valence-corrected chi connectivity index (χ1v) is 15.2. The van der Waals surface area contributed by atoms with Crippen molar-refractivity contribution in [1.29, 1.82) is 5.26 Å².